The van der Waals surface area contributed by atoms with Gasteiger partial charge in [0.25, 0.3) is 5.56 Å². The van der Waals surface area contributed by atoms with Gasteiger partial charge in [-0.05, 0) is 60.9 Å². The number of thiophene rings is 1. The standard InChI is InChI=1S/C29H27N7O4S2/c1-3-35-17-30-27-26(35)28(37)32-29(38)36(27)16-20-6-4-19(5-7-20)15-31-42(39,40)22-10-8-21(9-11-22)24-12-13-25(41-24)23-14-18(2)33-34-23/h4-14,17,31H,3,15-16H2,1-2H3,(H,33,34)(H,32,37,38). The van der Waals surface area contributed by atoms with Crippen LogP contribution in [0.1, 0.15) is 23.7 Å². The largest absolute Gasteiger partial charge is 0.330 e. The number of H-pyrrole nitrogens is 2. The number of hydrogen-bond acceptors (Lipinski definition) is 7. The first-order chi connectivity index (χ1) is 20.2. The van der Waals surface area contributed by atoms with Gasteiger partial charge >= 0.3 is 5.69 Å². The lowest BCUT2D eigenvalue weighted by molar-refractivity contribution is 0.581. The summed E-state index contributed by atoms with van der Waals surface area (Å²) in [6.45, 7) is 4.70. The molecule has 0 radical (unpaired) electrons. The molecule has 0 fully saturated rings. The fourth-order valence-corrected chi connectivity index (χ4v) is 6.68. The molecule has 4 heterocycles. The fraction of sp³-hybridized carbons (Fsp3) is 0.172. The van der Waals surface area contributed by atoms with E-state index in [1.54, 1.807) is 58.6 Å². The minimum absolute atomic E-state index is 0.103. The molecule has 6 rings (SSSR count). The predicted octanol–water partition coefficient (Wildman–Crippen LogP) is 3.86. The molecule has 3 N–H and O–H groups in total. The lowest BCUT2D eigenvalue weighted by Crippen LogP contribution is -2.31. The Balaban J connectivity index is 1.12. The zero-order valence-electron chi connectivity index (χ0n) is 22.8. The zero-order chi connectivity index (χ0) is 29.4. The molecule has 0 atom stereocenters. The Morgan fingerprint density at radius 1 is 0.952 bits per heavy atom. The summed E-state index contributed by atoms with van der Waals surface area (Å²) >= 11 is 1.59. The monoisotopic (exact) mass is 601 g/mol. The van der Waals surface area contributed by atoms with E-state index in [1.165, 1.54) is 4.57 Å². The summed E-state index contributed by atoms with van der Waals surface area (Å²) in [6, 6.07) is 20.0. The molecule has 0 aliphatic carbocycles. The van der Waals surface area contributed by atoms with Crippen LogP contribution in [0, 0.1) is 6.92 Å². The van der Waals surface area contributed by atoms with Gasteiger partial charge in [-0.15, -0.1) is 11.3 Å². The molecule has 42 heavy (non-hydrogen) atoms. The molecule has 0 bridgehead atoms. The van der Waals surface area contributed by atoms with Gasteiger partial charge in [-0.25, -0.2) is 22.9 Å². The third-order valence-electron chi connectivity index (χ3n) is 6.94. The van der Waals surface area contributed by atoms with E-state index >= 15 is 0 Å². The Labute approximate surface area is 244 Å². The first-order valence-electron chi connectivity index (χ1n) is 13.2. The SMILES string of the molecule is CCn1cnc2c1c(=O)[nH]c(=O)n2Cc1ccc(CNS(=O)(=O)c2ccc(-c3ccc(-c4cc(C)[nH]n4)s3)cc2)cc1. The summed E-state index contributed by atoms with van der Waals surface area (Å²) in [4.78, 5) is 33.7. The number of nitrogens with one attached hydrogen (secondary N) is 3. The van der Waals surface area contributed by atoms with E-state index in [9.17, 15) is 18.0 Å². The highest BCUT2D eigenvalue weighted by molar-refractivity contribution is 7.89. The fourth-order valence-electron chi connectivity index (χ4n) is 4.69. The van der Waals surface area contributed by atoms with Crippen molar-refractivity contribution in [3.8, 4) is 21.0 Å². The Hall–Kier alpha value is -4.59. The molecule has 4 aromatic heterocycles. The van der Waals surface area contributed by atoms with E-state index < -0.39 is 21.3 Å². The van der Waals surface area contributed by atoms with E-state index in [-0.39, 0.29) is 18.0 Å². The molecule has 11 nitrogen and oxygen atoms in total. The molecule has 0 aliphatic heterocycles. The molecular weight excluding hydrogens is 574 g/mol. The summed E-state index contributed by atoms with van der Waals surface area (Å²) in [5.74, 6) is 0. The van der Waals surface area contributed by atoms with Crippen LogP contribution < -0.4 is 16.0 Å². The van der Waals surface area contributed by atoms with Gasteiger partial charge in [0.1, 0.15) is 5.69 Å². The van der Waals surface area contributed by atoms with Crippen molar-refractivity contribution in [1.82, 2.24) is 34.0 Å². The molecule has 0 amide bonds. The number of fused-ring (bicyclic) bond motifs is 1. The van der Waals surface area contributed by atoms with Crippen LogP contribution in [0.4, 0.5) is 0 Å². The number of aromatic amines is 2. The second-order valence-electron chi connectivity index (χ2n) is 9.81. The van der Waals surface area contributed by atoms with Crippen LogP contribution in [0.2, 0.25) is 0 Å². The molecule has 0 spiro atoms. The van der Waals surface area contributed by atoms with E-state index in [4.69, 9.17) is 0 Å². The van der Waals surface area contributed by atoms with Gasteiger partial charge in [0.15, 0.2) is 11.2 Å². The van der Waals surface area contributed by atoms with Crippen molar-refractivity contribution in [2.45, 2.75) is 38.4 Å². The topological polar surface area (TPSA) is 148 Å². The number of rotatable bonds is 9. The quantitative estimate of drug-likeness (QED) is 0.229. The summed E-state index contributed by atoms with van der Waals surface area (Å²) in [6.07, 6.45) is 1.54. The van der Waals surface area contributed by atoms with Crippen LogP contribution >= 0.6 is 11.3 Å². The minimum Gasteiger partial charge on any atom is -0.325 e. The van der Waals surface area contributed by atoms with Crippen LogP contribution in [0.15, 0.2) is 87.5 Å². The maximum Gasteiger partial charge on any atom is 0.330 e. The summed E-state index contributed by atoms with van der Waals surface area (Å²) in [7, 11) is -3.74. The van der Waals surface area contributed by atoms with E-state index in [0.29, 0.717) is 17.7 Å². The Morgan fingerprint density at radius 3 is 2.36 bits per heavy atom. The Morgan fingerprint density at radius 2 is 1.67 bits per heavy atom. The molecule has 0 saturated carbocycles. The lowest BCUT2D eigenvalue weighted by Gasteiger charge is -2.10. The summed E-state index contributed by atoms with van der Waals surface area (Å²) in [5, 5.41) is 7.24. The minimum atomic E-state index is -3.74. The van der Waals surface area contributed by atoms with E-state index in [2.05, 4.69) is 24.9 Å². The third kappa shape index (κ3) is 5.36. The second-order valence-corrected chi connectivity index (χ2v) is 12.7. The van der Waals surface area contributed by atoms with Crippen molar-refractivity contribution < 1.29 is 8.42 Å². The molecule has 214 valence electrons. The number of imidazole rings is 1. The molecule has 6 aromatic rings. The lowest BCUT2D eigenvalue weighted by atomic mass is 10.1. The van der Waals surface area contributed by atoms with Crippen molar-refractivity contribution in [1.29, 1.82) is 0 Å². The molecular formula is C29H27N7O4S2. The Kier molecular flexibility index (Phi) is 7.22. The number of aromatic nitrogens is 6. The number of nitrogens with zero attached hydrogens (tertiary/aromatic N) is 4. The molecule has 0 aliphatic rings. The van der Waals surface area contributed by atoms with E-state index in [0.717, 1.165) is 37.8 Å². The first-order valence-corrected chi connectivity index (χ1v) is 15.5. The van der Waals surface area contributed by atoms with Crippen LogP contribution in [0.3, 0.4) is 0 Å². The molecule has 0 unspecified atom stereocenters. The Bertz CT molecular complexity index is 2120. The average molecular weight is 602 g/mol. The van der Waals surface area contributed by atoms with Gasteiger partial charge in [0.05, 0.1) is 22.6 Å². The van der Waals surface area contributed by atoms with Crippen molar-refractivity contribution in [2.24, 2.45) is 0 Å². The molecule has 2 aromatic carbocycles. The smallest absolute Gasteiger partial charge is 0.325 e. The highest BCUT2D eigenvalue weighted by Gasteiger charge is 2.16. The second kappa shape index (κ2) is 11.0. The van der Waals surface area contributed by atoms with Crippen LogP contribution in [-0.4, -0.2) is 37.7 Å². The maximum atomic E-state index is 13.0. The van der Waals surface area contributed by atoms with Gasteiger partial charge in [0, 0.05) is 23.7 Å². The third-order valence-corrected chi connectivity index (χ3v) is 9.51. The summed E-state index contributed by atoms with van der Waals surface area (Å²) < 4.78 is 31.7. The summed E-state index contributed by atoms with van der Waals surface area (Å²) in [5.41, 5.74) is 4.02. The number of benzene rings is 2. The van der Waals surface area contributed by atoms with Crippen LogP contribution in [-0.2, 0) is 29.7 Å². The van der Waals surface area contributed by atoms with E-state index in [1.807, 2.05) is 44.2 Å². The zero-order valence-corrected chi connectivity index (χ0v) is 24.4. The maximum absolute atomic E-state index is 13.0. The van der Waals surface area contributed by atoms with Gasteiger partial charge in [-0.1, -0.05) is 36.4 Å². The average Bonchev–Trinajstić information content (AvgIpc) is 3.75. The predicted molar refractivity (Wildman–Crippen MR) is 162 cm³/mol. The normalized spacial score (nSPS) is 11.9. The van der Waals surface area contributed by atoms with Crippen molar-refractivity contribution in [3.63, 3.8) is 0 Å². The van der Waals surface area contributed by atoms with Gasteiger partial charge < -0.3 is 4.57 Å². The molecule has 0 saturated heterocycles. The number of hydrogen-bond donors (Lipinski definition) is 3. The van der Waals surface area contributed by atoms with Crippen molar-refractivity contribution in [3.05, 3.63) is 111 Å². The number of sulfonamides is 1. The van der Waals surface area contributed by atoms with Crippen LogP contribution in [0.5, 0.6) is 0 Å². The van der Waals surface area contributed by atoms with Crippen LogP contribution in [0.25, 0.3) is 32.2 Å². The highest BCUT2D eigenvalue weighted by Crippen LogP contribution is 2.34. The molecule has 13 heteroatoms. The van der Waals surface area contributed by atoms with Gasteiger partial charge in [-0.2, -0.15) is 5.10 Å². The van der Waals surface area contributed by atoms with Gasteiger partial charge in [-0.3, -0.25) is 19.4 Å². The van der Waals surface area contributed by atoms with Crippen molar-refractivity contribution >= 4 is 32.5 Å². The first kappa shape index (κ1) is 27.6. The van der Waals surface area contributed by atoms with Gasteiger partial charge in [0.2, 0.25) is 10.0 Å². The highest BCUT2D eigenvalue weighted by atomic mass is 32.2. The van der Waals surface area contributed by atoms with Crippen molar-refractivity contribution in [2.75, 3.05) is 0 Å². The number of aryl methyl sites for hydroxylation is 2.